The molecule has 1 aliphatic carbocycles. The molecule has 1 amide bonds. The Labute approximate surface area is 150 Å². The fraction of sp³-hybridized carbons (Fsp3) is 0.600. The summed E-state index contributed by atoms with van der Waals surface area (Å²) in [7, 11) is 1.62. The zero-order valence-electron chi connectivity index (χ0n) is 15.3. The minimum Gasteiger partial charge on any atom is -0.497 e. The van der Waals surface area contributed by atoms with Gasteiger partial charge in [0.1, 0.15) is 5.75 Å². The highest BCUT2D eigenvalue weighted by molar-refractivity contribution is 5.83. The zero-order chi connectivity index (χ0) is 18.1. The Morgan fingerprint density at radius 1 is 1.12 bits per heavy atom. The van der Waals surface area contributed by atoms with Gasteiger partial charge in [-0.05, 0) is 43.9 Å². The molecule has 1 N–H and O–H groups in total. The van der Waals surface area contributed by atoms with Crippen molar-refractivity contribution in [3.05, 3.63) is 29.8 Å². The summed E-state index contributed by atoms with van der Waals surface area (Å²) >= 11 is 0. The van der Waals surface area contributed by atoms with Crippen molar-refractivity contribution in [3.63, 3.8) is 0 Å². The summed E-state index contributed by atoms with van der Waals surface area (Å²) in [6.07, 6.45) is 6.92. The van der Waals surface area contributed by atoms with Crippen LogP contribution in [0.25, 0.3) is 0 Å². The zero-order valence-corrected chi connectivity index (χ0v) is 15.3. The molecule has 5 nitrogen and oxygen atoms in total. The van der Waals surface area contributed by atoms with Gasteiger partial charge >= 0.3 is 5.97 Å². The lowest BCUT2D eigenvalue weighted by Crippen LogP contribution is -2.41. The van der Waals surface area contributed by atoms with E-state index in [4.69, 9.17) is 9.47 Å². The molecule has 0 aliphatic heterocycles. The molecule has 0 bridgehead atoms. The largest absolute Gasteiger partial charge is 0.497 e. The molecule has 1 atom stereocenters. The first kappa shape index (κ1) is 19.3. The lowest BCUT2D eigenvalue weighted by molar-refractivity contribution is -0.155. The van der Waals surface area contributed by atoms with Crippen LogP contribution >= 0.6 is 0 Å². The van der Waals surface area contributed by atoms with E-state index < -0.39 is 6.10 Å². The van der Waals surface area contributed by atoms with Gasteiger partial charge in [-0.15, -0.1) is 0 Å². The van der Waals surface area contributed by atoms with Crippen LogP contribution in [0.15, 0.2) is 24.3 Å². The number of nitrogens with one attached hydrogen (secondary N) is 1. The smallest absolute Gasteiger partial charge is 0.306 e. The molecule has 2 rings (SSSR count). The normalized spacial score (nSPS) is 16.6. The number of amides is 1. The number of aryl methyl sites for hydroxylation is 1. The van der Waals surface area contributed by atoms with Gasteiger partial charge < -0.3 is 14.8 Å². The first-order chi connectivity index (χ1) is 12.1. The maximum absolute atomic E-state index is 12.2. The van der Waals surface area contributed by atoms with E-state index in [9.17, 15) is 9.59 Å². The molecule has 1 aromatic carbocycles. The van der Waals surface area contributed by atoms with Gasteiger partial charge in [0.2, 0.25) is 0 Å². The van der Waals surface area contributed by atoms with Crippen LogP contribution in [0.3, 0.4) is 0 Å². The minimum absolute atomic E-state index is 0.190. The number of rotatable bonds is 7. The lowest BCUT2D eigenvalue weighted by Gasteiger charge is -2.19. The predicted octanol–water partition coefficient (Wildman–Crippen LogP) is 3.40. The summed E-state index contributed by atoms with van der Waals surface area (Å²) in [4.78, 5) is 24.2. The molecule has 5 heteroatoms. The standard InChI is InChI=1S/C20H29NO4/c1-15(20(23)21-17-7-5-3-4-6-8-17)25-19(22)14-11-16-9-12-18(24-2)13-10-16/h9-10,12-13,15,17H,3-8,11,14H2,1-2H3,(H,21,23)/t15-/m1/s1. The number of hydrogen-bond acceptors (Lipinski definition) is 4. The fourth-order valence-electron chi connectivity index (χ4n) is 3.09. The molecular formula is C20H29NO4. The topological polar surface area (TPSA) is 64.6 Å². The number of esters is 1. The molecule has 0 unspecified atom stereocenters. The average molecular weight is 347 g/mol. The molecule has 25 heavy (non-hydrogen) atoms. The predicted molar refractivity (Wildman–Crippen MR) is 96.5 cm³/mol. The number of hydrogen-bond donors (Lipinski definition) is 1. The summed E-state index contributed by atoms with van der Waals surface area (Å²) in [5.74, 6) is 0.249. The molecule has 1 aromatic rings. The van der Waals surface area contributed by atoms with Crippen LogP contribution in [0.2, 0.25) is 0 Å². The molecule has 0 saturated heterocycles. The van der Waals surface area contributed by atoms with Crippen molar-refractivity contribution in [3.8, 4) is 5.75 Å². The Balaban J connectivity index is 1.71. The highest BCUT2D eigenvalue weighted by Gasteiger charge is 2.21. The van der Waals surface area contributed by atoms with Crippen LogP contribution in [0, 0.1) is 0 Å². The van der Waals surface area contributed by atoms with Gasteiger partial charge in [0, 0.05) is 12.5 Å². The van der Waals surface area contributed by atoms with Gasteiger partial charge in [0.15, 0.2) is 6.10 Å². The van der Waals surface area contributed by atoms with Crippen LogP contribution in [0.1, 0.15) is 57.4 Å². The Kier molecular flexibility index (Phi) is 7.76. The van der Waals surface area contributed by atoms with Crippen LogP contribution in [0.5, 0.6) is 5.75 Å². The quantitative estimate of drug-likeness (QED) is 0.606. The molecular weight excluding hydrogens is 318 g/mol. The first-order valence-corrected chi connectivity index (χ1v) is 9.21. The van der Waals surface area contributed by atoms with E-state index in [1.807, 2.05) is 24.3 Å². The highest BCUT2D eigenvalue weighted by atomic mass is 16.5. The lowest BCUT2D eigenvalue weighted by atomic mass is 10.1. The van der Waals surface area contributed by atoms with Gasteiger partial charge in [-0.2, -0.15) is 0 Å². The molecule has 0 radical (unpaired) electrons. The van der Waals surface area contributed by atoms with Crippen molar-refractivity contribution >= 4 is 11.9 Å². The second-order valence-electron chi connectivity index (χ2n) is 6.68. The van der Waals surface area contributed by atoms with E-state index in [1.165, 1.54) is 12.8 Å². The second kappa shape index (κ2) is 10.1. The molecule has 138 valence electrons. The molecule has 1 aliphatic rings. The first-order valence-electron chi connectivity index (χ1n) is 9.21. The van der Waals surface area contributed by atoms with Crippen molar-refractivity contribution in [2.75, 3.05) is 7.11 Å². The number of methoxy groups -OCH3 is 1. The van der Waals surface area contributed by atoms with Crippen LogP contribution in [0.4, 0.5) is 0 Å². The molecule has 0 spiro atoms. The fourth-order valence-corrected chi connectivity index (χ4v) is 3.09. The molecule has 0 aromatic heterocycles. The van der Waals surface area contributed by atoms with Crippen molar-refractivity contribution < 1.29 is 19.1 Å². The van der Waals surface area contributed by atoms with E-state index >= 15 is 0 Å². The third-order valence-corrected chi connectivity index (χ3v) is 4.66. The van der Waals surface area contributed by atoms with Crippen LogP contribution < -0.4 is 10.1 Å². The molecule has 1 saturated carbocycles. The number of carbonyl (C=O) groups excluding carboxylic acids is 2. The summed E-state index contributed by atoms with van der Waals surface area (Å²) in [6, 6.07) is 7.80. The highest BCUT2D eigenvalue weighted by Crippen LogP contribution is 2.17. The summed E-state index contributed by atoms with van der Waals surface area (Å²) in [5.41, 5.74) is 1.04. The van der Waals surface area contributed by atoms with Gasteiger partial charge in [-0.3, -0.25) is 9.59 Å². The minimum atomic E-state index is -0.744. The van der Waals surface area contributed by atoms with Gasteiger partial charge in [-0.1, -0.05) is 37.8 Å². The maximum Gasteiger partial charge on any atom is 0.306 e. The average Bonchev–Trinajstić information content (AvgIpc) is 2.89. The second-order valence-corrected chi connectivity index (χ2v) is 6.68. The summed E-state index contributed by atoms with van der Waals surface area (Å²) in [5, 5.41) is 3.02. The van der Waals surface area contributed by atoms with Gasteiger partial charge in [0.05, 0.1) is 7.11 Å². The molecule has 1 fully saturated rings. The SMILES string of the molecule is COc1ccc(CCC(=O)O[C@H](C)C(=O)NC2CCCCCC2)cc1. The van der Waals surface area contributed by atoms with E-state index in [0.29, 0.717) is 6.42 Å². The Morgan fingerprint density at radius 2 is 1.76 bits per heavy atom. The van der Waals surface area contributed by atoms with E-state index in [-0.39, 0.29) is 24.3 Å². The molecule has 0 heterocycles. The van der Waals surface area contributed by atoms with Crippen molar-refractivity contribution in [1.29, 1.82) is 0 Å². The van der Waals surface area contributed by atoms with Crippen molar-refractivity contribution in [2.45, 2.75) is 70.4 Å². The third-order valence-electron chi connectivity index (χ3n) is 4.66. The third kappa shape index (κ3) is 6.77. The van der Waals surface area contributed by atoms with Crippen molar-refractivity contribution in [2.24, 2.45) is 0 Å². The van der Waals surface area contributed by atoms with Gasteiger partial charge in [0.25, 0.3) is 5.91 Å². The number of ether oxygens (including phenoxy) is 2. The van der Waals surface area contributed by atoms with E-state index in [0.717, 1.165) is 37.0 Å². The van der Waals surface area contributed by atoms with E-state index in [2.05, 4.69) is 5.32 Å². The maximum atomic E-state index is 12.2. The summed E-state index contributed by atoms with van der Waals surface area (Å²) in [6.45, 7) is 1.64. The van der Waals surface area contributed by atoms with Gasteiger partial charge in [-0.25, -0.2) is 0 Å². The number of carbonyl (C=O) groups is 2. The summed E-state index contributed by atoms with van der Waals surface area (Å²) < 4.78 is 10.4. The number of benzene rings is 1. The Bertz CT molecular complexity index is 547. The van der Waals surface area contributed by atoms with Crippen LogP contribution in [-0.4, -0.2) is 31.1 Å². The monoisotopic (exact) mass is 347 g/mol. The van der Waals surface area contributed by atoms with Crippen LogP contribution in [-0.2, 0) is 20.7 Å². The van der Waals surface area contributed by atoms with Crippen molar-refractivity contribution in [1.82, 2.24) is 5.32 Å². The Hall–Kier alpha value is -2.04. The Morgan fingerprint density at radius 3 is 2.36 bits per heavy atom. The van der Waals surface area contributed by atoms with E-state index in [1.54, 1.807) is 14.0 Å².